The van der Waals surface area contributed by atoms with Crippen LogP contribution < -0.4 is 4.74 Å². The number of benzene rings is 1. The summed E-state index contributed by atoms with van der Waals surface area (Å²) in [5.41, 5.74) is 0.395. The van der Waals surface area contributed by atoms with Gasteiger partial charge >= 0.3 is 0 Å². The maximum atomic E-state index is 12.9. The van der Waals surface area contributed by atoms with Crippen LogP contribution in [0.3, 0.4) is 0 Å². The molecular weight excluding hydrogens is 354 g/mol. The van der Waals surface area contributed by atoms with Crippen molar-refractivity contribution in [3.63, 3.8) is 0 Å². The van der Waals surface area contributed by atoms with Gasteiger partial charge in [0.1, 0.15) is 0 Å². The fourth-order valence-electron chi connectivity index (χ4n) is 3.06. The number of phenolic OH excluding ortho intramolecular Hbond substituents is 1. The number of carbonyl (C=O) groups is 2. The van der Waals surface area contributed by atoms with E-state index in [1.165, 1.54) is 43.6 Å². The molecule has 0 saturated heterocycles. The third-order valence-corrected chi connectivity index (χ3v) is 4.35. The lowest BCUT2D eigenvalue weighted by Crippen LogP contribution is -2.34. The number of aromatic hydroxyl groups is 1. The SMILES string of the molecule is COCCN1C(=O)C(O)=C(C(=O)c2ccco2)C1c1ccc(O)c(OC)c1. The number of aliphatic hydroxyl groups excluding tert-OH is 1. The zero-order chi connectivity index (χ0) is 19.6. The van der Waals surface area contributed by atoms with E-state index in [1.807, 2.05) is 0 Å². The van der Waals surface area contributed by atoms with E-state index in [4.69, 9.17) is 13.9 Å². The summed E-state index contributed by atoms with van der Waals surface area (Å²) in [6.07, 6.45) is 1.34. The van der Waals surface area contributed by atoms with E-state index < -0.39 is 23.5 Å². The van der Waals surface area contributed by atoms with Crippen molar-refractivity contribution >= 4 is 11.7 Å². The Morgan fingerprint density at radius 2 is 2.04 bits per heavy atom. The van der Waals surface area contributed by atoms with Crippen LogP contribution >= 0.6 is 0 Å². The average Bonchev–Trinajstić information content (AvgIpc) is 3.28. The number of rotatable bonds is 7. The number of nitrogens with zero attached hydrogens (tertiary/aromatic N) is 1. The van der Waals surface area contributed by atoms with Crippen molar-refractivity contribution in [1.29, 1.82) is 0 Å². The van der Waals surface area contributed by atoms with Crippen LogP contribution in [0.2, 0.25) is 0 Å². The van der Waals surface area contributed by atoms with Crippen molar-refractivity contribution in [3.8, 4) is 11.5 Å². The molecule has 8 nitrogen and oxygen atoms in total. The normalized spacial score (nSPS) is 16.9. The number of methoxy groups -OCH3 is 2. The van der Waals surface area contributed by atoms with E-state index in [1.54, 1.807) is 12.1 Å². The fraction of sp³-hybridized carbons (Fsp3) is 0.263. The number of ketones is 1. The number of aliphatic hydroxyl groups is 1. The van der Waals surface area contributed by atoms with Gasteiger partial charge in [0.15, 0.2) is 23.0 Å². The quantitative estimate of drug-likeness (QED) is 0.716. The van der Waals surface area contributed by atoms with Gasteiger partial charge < -0.3 is 29.0 Å². The Hall–Kier alpha value is -3.26. The second-order valence-electron chi connectivity index (χ2n) is 5.89. The molecule has 1 atom stereocenters. The Morgan fingerprint density at radius 3 is 2.67 bits per heavy atom. The highest BCUT2D eigenvalue weighted by atomic mass is 16.5. The number of hydrogen-bond acceptors (Lipinski definition) is 7. The highest BCUT2D eigenvalue weighted by Gasteiger charge is 2.44. The second kappa shape index (κ2) is 7.55. The van der Waals surface area contributed by atoms with Gasteiger partial charge in [-0.1, -0.05) is 6.07 Å². The standard InChI is InChI=1S/C19H19NO7/c1-25-9-7-20-16(11-5-6-12(21)14(10-11)26-2)15(18(23)19(20)24)17(22)13-4-3-8-27-13/h3-6,8,10,16,21,23H,7,9H2,1-2H3. The van der Waals surface area contributed by atoms with E-state index in [0.29, 0.717) is 5.56 Å². The summed E-state index contributed by atoms with van der Waals surface area (Å²) in [5, 5.41) is 20.3. The molecule has 2 N–H and O–H groups in total. The molecule has 8 heteroatoms. The summed E-state index contributed by atoms with van der Waals surface area (Å²) >= 11 is 0. The third-order valence-electron chi connectivity index (χ3n) is 4.35. The van der Waals surface area contributed by atoms with E-state index in [0.717, 1.165) is 0 Å². The summed E-state index contributed by atoms with van der Waals surface area (Å²) in [6, 6.07) is 6.60. The Bertz CT molecular complexity index is 885. The van der Waals surface area contributed by atoms with Crippen LogP contribution in [0.5, 0.6) is 11.5 Å². The fourth-order valence-corrected chi connectivity index (χ4v) is 3.06. The van der Waals surface area contributed by atoms with Gasteiger partial charge in [0.2, 0.25) is 5.78 Å². The lowest BCUT2D eigenvalue weighted by atomic mass is 9.94. The first-order valence-corrected chi connectivity index (χ1v) is 8.17. The van der Waals surface area contributed by atoms with Gasteiger partial charge in [-0.25, -0.2) is 0 Å². The number of ether oxygens (including phenoxy) is 2. The van der Waals surface area contributed by atoms with Crippen LogP contribution in [-0.4, -0.2) is 54.2 Å². The van der Waals surface area contributed by atoms with E-state index in [9.17, 15) is 19.8 Å². The summed E-state index contributed by atoms with van der Waals surface area (Å²) in [6.45, 7) is 0.370. The van der Waals surface area contributed by atoms with Gasteiger partial charge in [0.05, 0.1) is 31.6 Å². The molecule has 1 aliphatic rings. The molecule has 3 rings (SSSR count). The molecule has 0 radical (unpaired) electrons. The highest BCUT2D eigenvalue weighted by Crippen LogP contribution is 2.41. The molecule has 2 heterocycles. The predicted octanol–water partition coefficient (Wildman–Crippen LogP) is 2.22. The molecule has 0 spiro atoms. The van der Waals surface area contributed by atoms with Gasteiger partial charge in [-0.05, 0) is 29.8 Å². The molecule has 142 valence electrons. The van der Waals surface area contributed by atoms with Crippen LogP contribution in [0.4, 0.5) is 0 Å². The van der Waals surface area contributed by atoms with Crippen molar-refractivity contribution in [3.05, 3.63) is 59.3 Å². The molecule has 1 amide bonds. The van der Waals surface area contributed by atoms with Crippen LogP contribution in [0.25, 0.3) is 0 Å². The van der Waals surface area contributed by atoms with Crippen molar-refractivity contribution in [1.82, 2.24) is 4.90 Å². The van der Waals surface area contributed by atoms with Crippen LogP contribution in [0.1, 0.15) is 22.2 Å². The summed E-state index contributed by atoms with van der Waals surface area (Å²) in [4.78, 5) is 26.8. The smallest absolute Gasteiger partial charge is 0.290 e. The average molecular weight is 373 g/mol. The zero-order valence-corrected chi connectivity index (χ0v) is 14.8. The number of carbonyl (C=O) groups excluding carboxylic acids is 2. The van der Waals surface area contributed by atoms with E-state index in [2.05, 4.69) is 0 Å². The molecule has 0 saturated carbocycles. The molecule has 1 aliphatic heterocycles. The van der Waals surface area contributed by atoms with Crippen LogP contribution in [0.15, 0.2) is 52.3 Å². The monoisotopic (exact) mass is 373 g/mol. The predicted molar refractivity (Wildman–Crippen MR) is 93.7 cm³/mol. The largest absolute Gasteiger partial charge is 0.504 e. The lowest BCUT2D eigenvalue weighted by molar-refractivity contribution is -0.130. The molecule has 1 aromatic heterocycles. The molecule has 0 fully saturated rings. The van der Waals surface area contributed by atoms with Crippen molar-refractivity contribution in [2.24, 2.45) is 0 Å². The van der Waals surface area contributed by atoms with Crippen molar-refractivity contribution in [2.45, 2.75) is 6.04 Å². The van der Waals surface area contributed by atoms with Gasteiger partial charge in [-0.3, -0.25) is 9.59 Å². The van der Waals surface area contributed by atoms with Crippen LogP contribution in [0, 0.1) is 0 Å². The topological polar surface area (TPSA) is 109 Å². The number of amides is 1. The number of Topliss-reactive ketones (excluding diaryl/α,β-unsaturated/α-hetero) is 1. The van der Waals surface area contributed by atoms with Gasteiger partial charge in [0, 0.05) is 13.7 Å². The van der Waals surface area contributed by atoms with Gasteiger partial charge in [0.25, 0.3) is 5.91 Å². The maximum absolute atomic E-state index is 12.9. The minimum atomic E-state index is -0.875. The first kappa shape index (κ1) is 18.5. The molecule has 1 unspecified atom stereocenters. The molecule has 1 aromatic carbocycles. The second-order valence-corrected chi connectivity index (χ2v) is 5.89. The Balaban J connectivity index is 2.11. The zero-order valence-electron chi connectivity index (χ0n) is 14.8. The lowest BCUT2D eigenvalue weighted by Gasteiger charge is -2.26. The minimum Gasteiger partial charge on any atom is -0.504 e. The molecule has 0 aliphatic carbocycles. The molecule has 0 bridgehead atoms. The highest BCUT2D eigenvalue weighted by molar-refractivity contribution is 6.15. The Morgan fingerprint density at radius 1 is 1.26 bits per heavy atom. The Labute approximate surface area is 155 Å². The van der Waals surface area contributed by atoms with Gasteiger partial charge in [-0.15, -0.1) is 0 Å². The van der Waals surface area contributed by atoms with E-state index >= 15 is 0 Å². The summed E-state index contributed by atoms with van der Waals surface area (Å²) in [7, 11) is 2.88. The molecule has 27 heavy (non-hydrogen) atoms. The summed E-state index contributed by atoms with van der Waals surface area (Å²) < 4.78 is 15.3. The van der Waals surface area contributed by atoms with Gasteiger partial charge in [-0.2, -0.15) is 0 Å². The molecular formula is C19H19NO7. The van der Waals surface area contributed by atoms with Crippen molar-refractivity contribution < 1.29 is 33.7 Å². The summed E-state index contributed by atoms with van der Waals surface area (Å²) in [5.74, 6) is -1.80. The Kier molecular flexibility index (Phi) is 5.18. The van der Waals surface area contributed by atoms with E-state index in [-0.39, 0.29) is 36.0 Å². The first-order valence-electron chi connectivity index (χ1n) is 8.17. The van der Waals surface area contributed by atoms with Crippen LogP contribution in [-0.2, 0) is 9.53 Å². The molecule has 2 aromatic rings. The third kappa shape index (κ3) is 3.26. The first-order chi connectivity index (χ1) is 13.0. The number of furan rings is 1. The minimum absolute atomic E-state index is 0.00804. The van der Waals surface area contributed by atoms with Crippen molar-refractivity contribution in [2.75, 3.05) is 27.4 Å². The number of hydrogen-bond donors (Lipinski definition) is 2. The number of phenols is 1. The maximum Gasteiger partial charge on any atom is 0.290 e.